The summed E-state index contributed by atoms with van der Waals surface area (Å²) in [4.78, 5) is 32.6. The van der Waals surface area contributed by atoms with Crippen LogP contribution in [0.3, 0.4) is 0 Å². The number of nitrogens with zero attached hydrogens (tertiary/aromatic N) is 2. The number of amides is 1. The van der Waals surface area contributed by atoms with Gasteiger partial charge in [-0.05, 0) is 56.4 Å². The number of anilines is 1. The average molecular weight is 462 g/mol. The maximum Gasteiger partial charge on any atom is 0.338 e. The molecule has 0 aliphatic carbocycles. The van der Waals surface area contributed by atoms with E-state index < -0.39 is 6.04 Å². The third-order valence-electron chi connectivity index (χ3n) is 5.66. The van der Waals surface area contributed by atoms with Gasteiger partial charge in [-0.3, -0.25) is 4.79 Å². The van der Waals surface area contributed by atoms with Gasteiger partial charge in [0.05, 0.1) is 30.3 Å². The fourth-order valence-corrected chi connectivity index (χ4v) is 5.00. The van der Waals surface area contributed by atoms with Gasteiger partial charge in [0.25, 0.3) is 0 Å². The number of thioether (sulfide) groups is 1. The van der Waals surface area contributed by atoms with Gasteiger partial charge in [0, 0.05) is 11.4 Å². The Labute approximate surface area is 198 Å². The summed E-state index contributed by atoms with van der Waals surface area (Å²) in [6, 6.07) is 15.3. The molecular weight excluding hydrogens is 434 g/mol. The molecule has 1 N–H and O–H groups in total. The number of aliphatic imine (C=N–C) groups is 1. The van der Waals surface area contributed by atoms with Crippen molar-refractivity contribution in [3.8, 4) is 0 Å². The van der Waals surface area contributed by atoms with Gasteiger partial charge < -0.3 is 15.0 Å². The molecule has 1 amide bonds. The molecule has 0 spiro atoms. The van der Waals surface area contributed by atoms with Crippen LogP contribution in [0, 0.1) is 13.8 Å². The maximum atomic E-state index is 13.0. The Morgan fingerprint density at radius 1 is 1.09 bits per heavy atom. The van der Waals surface area contributed by atoms with E-state index in [1.54, 1.807) is 6.92 Å². The van der Waals surface area contributed by atoms with Crippen LogP contribution in [-0.2, 0) is 14.3 Å². The second-order valence-corrected chi connectivity index (χ2v) is 8.90. The Bertz CT molecular complexity index is 1180. The average Bonchev–Trinajstić information content (AvgIpc) is 3.17. The number of hydrogen-bond donors (Lipinski definition) is 1. The predicted molar refractivity (Wildman–Crippen MR) is 133 cm³/mol. The van der Waals surface area contributed by atoms with Crippen LogP contribution in [0.25, 0.3) is 0 Å². The molecule has 7 heteroatoms. The number of aryl methyl sites for hydroxylation is 2. The fraction of sp³-hybridized carbons (Fsp3) is 0.269. The Kier molecular flexibility index (Phi) is 6.70. The summed E-state index contributed by atoms with van der Waals surface area (Å²) in [5.41, 5.74) is 5.86. The van der Waals surface area contributed by atoms with Gasteiger partial charge in [0.15, 0.2) is 5.17 Å². The molecule has 2 aliphatic heterocycles. The molecule has 2 aromatic carbocycles. The van der Waals surface area contributed by atoms with Crippen molar-refractivity contribution in [3.05, 3.63) is 87.6 Å². The number of ether oxygens (including phenoxy) is 1. The van der Waals surface area contributed by atoms with Crippen LogP contribution in [0.2, 0.25) is 0 Å². The lowest BCUT2D eigenvalue weighted by molar-refractivity contribution is -0.139. The second kappa shape index (κ2) is 9.67. The minimum Gasteiger partial charge on any atom is -0.463 e. The van der Waals surface area contributed by atoms with Gasteiger partial charge in [0.2, 0.25) is 5.91 Å². The molecule has 0 unspecified atom stereocenters. The highest BCUT2D eigenvalue weighted by atomic mass is 32.2. The standard InChI is InChI=1S/C26H27N3O3S/c1-5-32-25(31)23-18(4)27-26-29(24(23)21-9-7-6-8-17(21)3)20(15-33-26)14-22(30)28-19-12-10-16(2)11-13-19/h6-13,15,24H,5,14H2,1-4H3,(H,28,30)/t24-/m1/s1. The van der Waals surface area contributed by atoms with Crippen molar-refractivity contribution in [2.45, 2.75) is 40.2 Å². The Hall–Kier alpha value is -3.32. The predicted octanol–water partition coefficient (Wildman–Crippen LogP) is 5.47. The van der Waals surface area contributed by atoms with Crippen molar-refractivity contribution in [2.75, 3.05) is 11.9 Å². The third-order valence-corrected chi connectivity index (χ3v) is 6.54. The Morgan fingerprint density at radius 3 is 2.52 bits per heavy atom. The lowest BCUT2D eigenvalue weighted by Crippen LogP contribution is -2.37. The number of amidine groups is 1. The zero-order valence-corrected chi connectivity index (χ0v) is 20.0. The Morgan fingerprint density at radius 2 is 1.82 bits per heavy atom. The van der Waals surface area contributed by atoms with Crippen LogP contribution in [0.5, 0.6) is 0 Å². The molecule has 0 radical (unpaired) electrons. The highest BCUT2D eigenvalue weighted by molar-refractivity contribution is 8.16. The summed E-state index contributed by atoms with van der Waals surface area (Å²) in [5.74, 6) is -0.508. The first-order chi connectivity index (χ1) is 15.9. The van der Waals surface area contributed by atoms with Crippen LogP contribution in [0.15, 0.2) is 75.9 Å². The van der Waals surface area contributed by atoms with Crippen molar-refractivity contribution < 1.29 is 14.3 Å². The summed E-state index contributed by atoms with van der Waals surface area (Å²) in [5, 5.41) is 5.66. The zero-order chi connectivity index (χ0) is 23.5. The van der Waals surface area contributed by atoms with Gasteiger partial charge in [-0.1, -0.05) is 53.7 Å². The van der Waals surface area contributed by atoms with Crippen LogP contribution in [0.1, 0.15) is 43.0 Å². The number of carbonyl (C=O) groups excluding carboxylic acids is 2. The molecule has 4 rings (SSSR count). The second-order valence-electron chi connectivity index (χ2n) is 8.06. The number of fused-ring (bicyclic) bond motifs is 1. The van der Waals surface area contributed by atoms with E-state index >= 15 is 0 Å². The minimum atomic E-state index is -0.411. The molecule has 0 saturated carbocycles. The van der Waals surface area contributed by atoms with Crippen molar-refractivity contribution in [1.29, 1.82) is 0 Å². The van der Waals surface area contributed by atoms with E-state index in [1.807, 2.05) is 79.6 Å². The van der Waals surface area contributed by atoms with Gasteiger partial charge in [-0.25, -0.2) is 9.79 Å². The number of hydrogen-bond acceptors (Lipinski definition) is 6. The summed E-state index contributed by atoms with van der Waals surface area (Å²) < 4.78 is 5.40. The van der Waals surface area contributed by atoms with Crippen molar-refractivity contribution in [3.63, 3.8) is 0 Å². The van der Waals surface area contributed by atoms with Crippen molar-refractivity contribution in [1.82, 2.24) is 4.90 Å². The molecule has 1 atom stereocenters. The van der Waals surface area contributed by atoms with E-state index in [4.69, 9.17) is 4.74 Å². The summed E-state index contributed by atoms with van der Waals surface area (Å²) in [6.07, 6.45) is 0.164. The summed E-state index contributed by atoms with van der Waals surface area (Å²) in [6.45, 7) is 7.94. The first-order valence-electron chi connectivity index (χ1n) is 10.9. The quantitative estimate of drug-likeness (QED) is 0.578. The van der Waals surface area contributed by atoms with E-state index in [0.29, 0.717) is 11.3 Å². The number of benzene rings is 2. The van der Waals surface area contributed by atoms with Gasteiger partial charge in [-0.15, -0.1) is 0 Å². The number of esters is 1. The molecule has 0 aromatic heterocycles. The number of carbonyl (C=O) groups is 2. The molecule has 2 aliphatic rings. The summed E-state index contributed by atoms with van der Waals surface area (Å²) in [7, 11) is 0. The van der Waals surface area contributed by atoms with Crippen molar-refractivity contribution >= 4 is 34.5 Å². The van der Waals surface area contributed by atoms with E-state index in [2.05, 4.69) is 10.3 Å². The molecule has 2 heterocycles. The molecule has 170 valence electrons. The summed E-state index contributed by atoms with van der Waals surface area (Å²) >= 11 is 1.47. The normalized spacial score (nSPS) is 17.3. The SMILES string of the molecule is CCOC(=O)C1=C(C)N=C2SC=C(CC(=O)Nc3ccc(C)cc3)N2[C@@H]1c1ccccc1C. The molecule has 0 saturated heterocycles. The minimum absolute atomic E-state index is 0.126. The molecule has 0 bridgehead atoms. The van der Waals surface area contributed by atoms with Crippen molar-refractivity contribution in [2.24, 2.45) is 4.99 Å². The highest BCUT2D eigenvalue weighted by Gasteiger charge is 2.41. The lowest BCUT2D eigenvalue weighted by atomic mass is 9.91. The topological polar surface area (TPSA) is 71.0 Å². The number of nitrogens with one attached hydrogen (secondary N) is 1. The Balaban J connectivity index is 1.67. The monoisotopic (exact) mass is 461 g/mol. The first kappa shape index (κ1) is 22.9. The first-order valence-corrected chi connectivity index (χ1v) is 11.8. The fourth-order valence-electron chi connectivity index (χ4n) is 4.03. The van der Waals surface area contributed by atoms with Crippen LogP contribution >= 0.6 is 11.8 Å². The zero-order valence-electron chi connectivity index (χ0n) is 19.2. The van der Waals surface area contributed by atoms with E-state index in [-0.39, 0.29) is 24.9 Å². The maximum absolute atomic E-state index is 13.0. The smallest absolute Gasteiger partial charge is 0.338 e. The van der Waals surface area contributed by atoms with E-state index in [0.717, 1.165) is 33.2 Å². The molecule has 0 fully saturated rings. The van der Waals surface area contributed by atoms with Gasteiger partial charge >= 0.3 is 5.97 Å². The number of allylic oxidation sites excluding steroid dienone is 1. The lowest BCUT2D eigenvalue weighted by Gasteiger charge is -2.37. The van der Waals surface area contributed by atoms with E-state index in [1.165, 1.54) is 11.8 Å². The molecule has 2 aromatic rings. The molecule has 6 nitrogen and oxygen atoms in total. The van der Waals surface area contributed by atoms with Gasteiger partial charge in [-0.2, -0.15) is 0 Å². The largest absolute Gasteiger partial charge is 0.463 e. The molecule has 33 heavy (non-hydrogen) atoms. The molecular formula is C26H27N3O3S. The number of rotatable bonds is 6. The van der Waals surface area contributed by atoms with E-state index in [9.17, 15) is 9.59 Å². The van der Waals surface area contributed by atoms with Gasteiger partial charge in [0.1, 0.15) is 0 Å². The third kappa shape index (κ3) is 4.73. The van der Waals surface area contributed by atoms with Crippen LogP contribution in [-0.4, -0.2) is 28.6 Å². The highest BCUT2D eigenvalue weighted by Crippen LogP contribution is 2.45. The van der Waals surface area contributed by atoms with Crippen LogP contribution < -0.4 is 5.32 Å². The van der Waals surface area contributed by atoms with Crippen LogP contribution in [0.4, 0.5) is 5.69 Å².